The highest BCUT2D eigenvalue weighted by Crippen LogP contribution is 2.30. The van der Waals surface area contributed by atoms with Crippen LogP contribution in [0.1, 0.15) is 28.8 Å². The normalized spacial score (nSPS) is 15.7. The minimum absolute atomic E-state index is 0.184. The van der Waals surface area contributed by atoms with E-state index in [1.165, 1.54) is 0 Å². The van der Waals surface area contributed by atoms with Crippen LogP contribution in [0.3, 0.4) is 0 Å². The van der Waals surface area contributed by atoms with Gasteiger partial charge in [0.1, 0.15) is 6.10 Å². The second-order valence-corrected chi connectivity index (χ2v) is 6.41. The van der Waals surface area contributed by atoms with Gasteiger partial charge in [0, 0.05) is 30.0 Å². The summed E-state index contributed by atoms with van der Waals surface area (Å²) in [4.78, 5) is 24.7. The minimum atomic E-state index is -0.419. The number of carbonyl (C=O) groups excluding carboxylic acids is 2. The third-order valence-electron chi connectivity index (χ3n) is 4.54. The van der Waals surface area contributed by atoms with Gasteiger partial charge in [-0.2, -0.15) is 0 Å². The summed E-state index contributed by atoms with van der Waals surface area (Å²) < 4.78 is 16.0. The molecule has 0 spiro atoms. The van der Waals surface area contributed by atoms with Crippen LogP contribution in [-0.2, 0) is 16.1 Å². The van der Waals surface area contributed by atoms with Crippen molar-refractivity contribution in [3.05, 3.63) is 53.6 Å². The summed E-state index contributed by atoms with van der Waals surface area (Å²) in [5.74, 6) is 0.755. The third-order valence-corrected chi connectivity index (χ3v) is 4.54. The maximum absolute atomic E-state index is 12.5. The summed E-state index contributed by atoms with van der Waals surface area (Å²) in [5.41, 5.74) is 1.82. The molecule has 2 amide bonds. The highest BCUT2D eigenvalue weighted by Gasteiger charge is 2.23. The monoisotopic (exact) mass is 384 g/mol. The standard InChI is InChI=1S/C21H24N2O5/c1-26-17-9-4-7-15(19(17)27-2)13-22-20(24)14-6-3-8-16(12-14)23-21(25)18-10-5-11-28-18/h3-4,6-9,12,18H,5,10-11,13H2,1-2H3,(H,22,24)(H,23,25). The van der Waals surface area contributed by atoms with E-state index in [1.54, 1.807) is 44.6 Å². The van der Waals surface area contributed by atoms with Crippen molar-refractivity contribution in [2.75, 3.05) is 26.1 Å². The molecular weight excluding hydrogens is 360 g/mol. The second-order valence-electron chi connectivity index (χ2n) is 6.41. The first-order valence-corrected chi connectivity index (χ1v) is 9.13. The number of nitrogens with one attached hydrogen (secondary N) is 2. The number of rotatable bonds is 7. The average molecular weight is 384 g/mol. The molecule has 1 aliphatic rings. The molecule has 0 bridgehead atoms. The molecule has 2 N–H and O–H groups in total. The number of ether oxygens (including phenoxy) is 3. The number of carbonyl (C=O) groups is 2. The SMILES string of the molecule is COc1cccc(CNC(=O)c2cccc(NC(=O)C3CCCO3)c2)c1OC. The lowest BCUT2D eigenvalue weighted by molar-refractivity contribution is -0.124. The van der Waals surface area contributed by atoms with Gasteiger partial charge in [-0.15, -0.1) is 0 Å². The van der Waals surface area contributed by atoms with Crippen molar-refractivity contribution in [1.82, 2.24) is 5.32 Å². The molecule has 148 valence electrons. The molecule has 0 saturated carbocycles. The van der Waals surface area contributed by atoms with Gasteiger partial charge in [0.25, 0.3) is 11.8 Å². The van der Waals surface area contributed by atoms with Gasteiger partial charge in [0.2, 0.25) is 0 Å². The predicted molar refractivity (Wildman–Crippen MR) is 105 cm³/mol. The van der Waals surface area contributed by atoms with Crippen LogP contribution in [-0.4, -0.2) is 38.7 Å². The van der Waals surface area contributed by atoms with Gasteiger partial charge in [-0.3, -0.25) is 9.59 Å². The Hall–Kier alpha value is -3.06. The van der Waals surface area contributed by atoms with Crippen molar-refractivity contribution in [2.24, 2.45) is 0 Å². The molecular formula is C21H24N2O5. The van der Waals surface area contributed by atoms with Gasteiger partial charge in [0.05, 0.1) is 14.2 Å². The fraction of sp³-hybridized carbons (Fsp3) is 0.333. The average Bonchev–Trinajstić information content (AvgIpc) is 3.26. The van der Waals surface area contributed by atoms with Crippen molar-refractivity contribution in [2.45, 2.75) is 25.5 Å². The molecule has 1 atom stereocenters. The Morgan fingerprint density at radius 2 is 1.96 bits per heavy atom. The topological polar surface area (TPSA) is 85.9 Å². The number of hydrogen-bond acceptors (Lipinski definition) is 5. The van der Waals surface area contributed by atoms with Gasteiger partial charge in [-0.05, 0) is 37.1 Å². The molecule has 3 rings (SSSR count). The summed E-state index contributed by atoms with van der Waals surface area (Å²) in [6.45, 7) is 0.889. The molecule has 0 aromatic heterocycles. The van der Waals surface area contributed by atoms with E-state index in [2.05, 4.69) is 10.6 Å². The highest BCUT2D eigenvalue weighted by atomic mass is 16.5. The minimum Gasteiger partial charge on any atom is -0.493 e. The van der Waals surface area contributed by atoms with E-state index in [1.807, 2.05) is 12.1 Å². The number of para-hydroxylation sites is 1. The van der Waals surface area contributed by atoms with Crippen molar-refractivity contribution in [1.29, 1.82) is 0 Å². The van der Waals surface area contributed by atoms with Gasteiger partial charge < -0.3 is 24.8 Å². The lowest BCUT2D eigenvalue weighted by Gasteiger charge is -2.14. The third kappa shape index (κ3) is 4.61. The number of anilines is 1. The quantitative estimate of drug-likeness (QED) is 0.767. The van der Waals surface area contributed by atoms with Crippen molar-refractivity contribution in [3.63, 3.8) is 0 Å². The van der Waals surface area contributed by atoms with Crippen LogP contribution < -0.4 is 20.1 Å². The Bertz CT molecular complexity index is 846. The zero-order valence-corrected chi connectivity index (χ0v) is 16.0. The molecule has 1 fully saturated rings. The summed E-state index contributed by atoms with van der Waals surface area (Å²) in [6, 6.07) is 12.3. The first kappa shape index (κ1) is 19.7. The van der Waals surface area contributed by atoms with Gasteiger partial charge in [-0.1, -0.05) is 18.2 Å². The van der Waals surface area contributed by atoms with E-state index in [9.17, 15) is 9.59 Å². The number of hydrogen-bond donors (Lipinski definition) is 2. The molecule has 0 aliphatic carbocycles. The Morgan fingerprint density at radius 1 is 1.14 bits per heavy atom. The zero-order valence-electron chi connectivity index (χ0n) is 16.0. The van der Waals surface area contributed by atoms with Crippen LogP contribution >= 0.6 is 0 Å². The molecule has 1 unspecified atom stereocenters. The van der Waals surface area contributed by atoms with Gasteiger partial charge in [-0.25, -0.2) is 0 Å². The zero-order chi connectivity index (χ0) is 19.9. The smallest absolute Gasteiger partial charge is 0.253 e. The summed E-state index contributed by atoms with van der Waals surface area (Å²) in [6.07, 6.45) is 1.18. The molecule has 28 heavy (non-hydrogen) atoms. The fourth-order valence-corrected chi connectivity index (χ4v) is 3.12. The summed E-state index contributed by atoms with van der Waals surface area (Å²) >= 11 is 0. The Balaban J connectivity index is 1.64. The van der Waals surface area contributed by atoms with E-state index >= 15 is 0 Å². The Labute approximate surface area is 164 Å². The van der Waals surface area contributed by atoms with E-state index in [0.717, 1.165) is 12.0 Å². The molecule has 2 aromatic carbocycles. The van der Waals surface area contributed by atoms with Crippen LogP contribution in [0.25, 0.3) is 0 Å². The lowest BCUT2D eigenvalue weighted by Crippen LogP contribution is -2.27. The van der Waals surface area contributed by atoms with E-state index in [-0.39, 0.29) is 18.4 Å². The number of amides is 2. The maximum atomic E-state index is 12.5. The van der Waals surface area contributed by atoms with Crippen LogP contribution in [0.5, 0.6) is 11.5 Å². The van der Waals surface area contributed by atoms with Crippen molar-refractivity contribution in [3.8, 4) is 11.5 Å². The summed E-state index contributed by atoms with van der Waals surface area (Å²) in [5, 5.41) is 5.67. The maximum Gasteiger partial charge on any atom is 0.253 e. The van der Waals surface area contributed by atoms with Crippen LogP contribution in [0.15, 0.2) is 42.5 Å². The van der Waals surface area contributed by atoms with Crippen LogP contribution in [0.4, 0.5) is 5.69 Å². The molecule has 7 nitrogen and oxygen atoms in total. The number of methoxy groups -OCH3 is 2. The van der Waals surface area contributed by atoms with Gasteiger partial charge in [0.15, 0.2) is 11.5 Å². The number of benzene rings is 2. The second kappa shape index (κ2) is 9.23. The molecule has 1 saturated heterocycles. The molecule has 0 radical (unpaired) electrons. The van der Waals surface area contributed by atoms with E-state index < -0.39 is 6.10 Å². The van der Waals surface area contributed by atoms with Crippen molar-refractivity contribution < 1.29 is 23.8 Å². The van der Waals surface area contributed by atoms with Crippen molar-refractivity contribution >= 4 is 17.5 Å². The van der Waals surface area contributed by atoms with Gasteiger partial charge >= 0.3 is 0 Å². The molecule has 1 heterocycles. The molecule has 2 aromatic rings. The van der Waals surface area contributed by atoms with Crippen LogP contribution in [0, 0.1) is 0 Å². The largest absolute Gasteiger partial charge is 0.493 e. The predicted octanol–water partition coefficient (Wildman–Crippen LogP) is 2.75. The Morgan fingerprint density at radius 3 is 2.68 bits per heavy atom. The lowest BCUT2D eigenvalue weighted by atomic mass is 10.1. The fourth-order valence-electron chi connectivity index (χ4n) is 3.12. The van der Waals surface area contributed by atoms with E-state index in [0.29, 0.717) is 35.8 Å². The first-order valence-electron chi connectivity index (χ1n) is 9.13. The molecule has 7 heteroatoms. The summed E-state index contributed by atoms with van der Waals surface area (Å²) in [7, 11) is 3.13. The van der Waals surface area contributed by atoms with E-state index in [4.69, 9.17) is 14.2 Å². The highest BCUT2D eigenvalue weighted by molar-refractivity contribution is 5.98. The first-order chi connectivity index (χ1) is 13.6. The van der Waals surface area contributed by atoms with Crippen LogP contribution in [0.2, 0.25) is 0 Å². The molecule has 1 aliphatic heterocycles. The Kier molecular flexibility index (Phi) is 6.49.